The number of nitrogens with one attached hydrogen (secondary N) is 1. The van der Waals surface area contributed by atoms with Gasteiger partial charge in [0.25, 0.3) is 0 Å². The maximum absolute atomic E-state index is 6.05. The molecule has 19 heavy (non-hydrogen) atoms. The Bertz CT molecular complexity index is 561. The second-order valence-corrected chi connectivity index (χ2v) is 4.30. The third-order valence-corrected chi connectivity index (χ3v) is 3.06. The summed E-state index contributed by atoms with van der Waals surface area (Å²) < 4.78 is 10.4. The van der Waals surface area contributed by atoms with E-state index in [1.807, 2.05) is 24.3 Å². The number of halogens is 1. The van der Waals surface area contributed by atoms with Crippen LogP contribution in [0.4, 0.5) is 5.69 Å². The molecule has 0 fully saturated rings. The molecule has 1 aromatic carbocycles. The number of hydrogen-bond donors (Lipinski definition) is 1. The first kappa shape index (κ1) is 13.5. The van der Waals surface area contributed by atoms with Gasteiger partial charge in [0.2, 0.25) is 0 Å². The monoisotopic (exact) mass is 278 g/mol. The van der Waals surface area contributed by atoms with Crippen LogP contribution in [0, 0.1) is 0 Å². The van der Waals surface area contributed by atoms with Crippen LogP contribution in [0.3, 0.4) is 0 Å². The number of hydrogen-bond acceptors (Lipinski definition) is 4. The van der Waals surface area contributed by atoms with E-state index in [0.717, 1.165) is 11.3 Å². The molecule has 0 aliphatic heterocycles. The topological polar surface area (TPSA) is 43.4 Å². The molecular weight excluding hydrogens is 264 g/mol. The number of ether oxygens (including phenoxy) is 2. The summed E-state index contributed by atoms with van der Waals surface area (Å²) in [5.74, 6) is 1.39. The van der Waals surface area contributed by atoms with Gasteiger partial charge in [-0.2, -0.15) is 0 Å². The molecule has 4 nitrogen and oxygen atoms in total. The fourth-order valence-electron chi connectivity index (χ4n) is 1.69. The van der Waals surface area contributed by atoms with Crippen molar-refractivity contribution in [2.45, 2.75) is 6.54 Å². The summed E-state index contributed by atoms with van der Waals surface area (Å²) in [5.41, 5.74) is 1.93. The van der Waals surface area contributed by atoms with Gasteiger partial charge in [-0.15, -0.1) is 0 Å². The van der Waals surface area contributed by atoms with Crippen LogP contribution in [0.15, 0.2) is 36.7 Å². The molecule has 0 aliphatic rings. The van der Waals surface area contributed by atoms with E-state index in [4.69, 9.17) is 21.1 Å². The van der Waals surface area contributed by atoms with Gasteiger partial charge in [0, 0.05) is 30.7 Å². The standard InChI is InChI=1S/C14H15ClN2O2/c1-18-13-4-3-11(7-14(13)19-2)17-8-10-5-6-16-9-12(10)15/h3-7,9,17H,8H2,1-2H3. The molecule has 2 aromatic rings. The molecule has 1 heterocycles. The van der Waals surface area contributed by atoms with E-state index < -0.39 is 0 Å². The molecule has 100 valence electrons. The molecule has 2 rings (SSSR count). The summed E-state index contributed by atoms with van der Waals surface area (Å²) in [7, 11) is 3.23. The highest BCUT2D eigenvalue weighted by Crippen LogP contribution is 2.30. The minimum Gasteiger partial charge on any atom is -0.493 e. The van der Waals surface area contributed by atoms with Crippen LogP contribution >= 0.6 is 11.6 Å². The second kappa shape index (κ2) is 6.29. The number of nitrogens with zero attached hydrogens (tertiary/aromatic N) is 1. The first-order chi connectivity index (χ1) is 9.24. The van der Waals surface area contributed by atoms with Crippen LogP contribution in [0.25, 0.3) is 0 Å². The summed E-state index contributed by atoms with van der Waals surface area (Å²) >= 11 is 6.05. The Kier molecular flexibility index (Phi) is 4.47. The normalized spacial score (nSPS) is 10.1. The number of aromatic nitrogens is 1. The summed E-state index contributed by atoms with van der Waals surface area (Å²) in [6, 6.07) is 7.55. The molecule has 1 aromatic heterocycles. The average molecular weight is 279 g/mol. The predicted octanol–water partition coefficient (Wildman–Crippen LogP) is 3.36. The molecule has 0 saturated heterocycles. The van der Waals surface area contributed by atoms with Gasteiger partial charge in [-0.3, -0.25) is 4.98 Å². The van der Waals surface area contributed by atoms with Crippen molar-refractivity contribution in [1.29, 1.82) is 0 Å². The molecule has 5 heteroatoms. The van der Waals surface area contributed by atoms with Crippen molar-refractivity contribution in [2.75, 3.05) is 19.5 Å². The smallest absolute Gasteiger partial charge is 0.162 e. The molecule has 1 N–H and O–H groups in total. The van der Waals surface area contributed by atoms with E-state index in [0.29, 0.717) is 23.1 Å². The number of benzene rings is 1. The molecule has 0 saturated carbocycles. The lowest BCUT2D eigenvalue weighted by atomic mass is 10.2. The van der Waals surface area contributed by atoms with Gasteiger partial charge in [0.1, 0.15) is 0 Å². The zero-order valence-electron chi connectivity index (χ0n) is 10.8. The largest absolute Gasteiger partial charge is 0.493 e. The molecule has 0 bridgehead atoms. The zero-order chi connectivity index (χ0) is 13.7. The molecule has 0 spiro atoms. The van der Waals surface area contributed by atoms with Crippen molar-refractivity contribution < 1.29 is 9.47 Å². The predicted molar refractivity (Wildman–Crippen MR) is 76.1 cm³/mol. The van der Waals surface area contributed by atoms with Crippen molar-refractivity contribution in [3.8, 4) is 11.5 Å². The van der Waals surface area contributed by atoms with E-state index in [1.54, 1.807) is 26.6 Å². The zero-order valence-corrected chi connectivity index (χ0v) is 11.6. The first-order valence-electron chi connectivity index (χ1n) is 5.79. The summed E-state index contributed by atoms with van der Waals surface area (Å²) in [6.07, 6.45) is 3.35. The number of pyridine rings is 1. The lowest BCUT2D eigenvalue weighted by Gasteiger charge is -2.11. The number of rotatable bonds is 5. The average Bonchev–Trinajstić information content (AvgIpc) is 2.46. The fraction of sp³-hybridized carbons (Fsp3) is 0.214. The van der Waals surface area contributed by atoms with Crippen LogP contribution in [0.5, 0.6) is 11.5 Å². The van der Waals surface area contributed by atoms with Crippen molar-refractivity contribution >= 4 is 17.3 Å². The first-order valence-corrected chi connectivity index (χ1v) is 6.16. The molecule has 0 aliphatic carbocycles. The van der Waals surface area contributed by atoms with E-state index >= 15 is 0 Å². The maximum Gasteiger partial charge on any atom is 0.162 e. The Hall–Kier alpha value is -1.94. The lowest BCUT2D eigenvalue weighted by molar-refractivity contribution is 0.355. The van der Waals surface area contributed by atoms with Gasteiger partial charge in [0.05, 0.1) is 19.2 Å². The molecule has 0 unspecified atom stereocenters. The molecule has 0 amide bonds. The molecule has 0 atom stereocenters. The Morgan fingerprint density at radius 1 is 1.16 bits per heavy atom. The quantitative estimate of drug-likeness (QED) is 0.911. The Labute approximate surface area is 117 Å². The highest BCUT2D eigenvalue weighted by Gasteiger charge is 2.05. The highest BCUT2D eigenvalue weighted by atomic mass is 35.5. The van der Waals surface area contributed by atoms with Gasteiger partial charge in [-0.25, -0.2) is 0 Å². The van der Waals surface area contributed by atoms with E-state index in [9.17, 15) is 0 Å². The van der Waals surface area contributed by atoms with Gasteiger partial charge in [-0.05, 0) is 23.8 Å². The van der Waals surface area contributed by atoms with Crippen molar-refractivity contribution in [3.63, 3.8) is 0 Å². The third-order valence-electron chi connectivity index (χ3n) is 2.72. The fourth-order valence-corrected chi connectivity index (χ4v) is 1.88. The van der Waals surface area contributed by atoms with Gasteiger partial charge >= 0.3 is 0 Å². The number of anilines is 1. The van der Waals surface area contributed by atoms with Gasteiger partial charge in [0.15, 0.2) is 11.5 Å². The van der Waals surface area contributed by atoms with E-state index in [-0.39, 0.29) is 0 Å². The van der Waals surface area contributed by atoms with Crippen molar-refractivity contribution in [3.05, 3.63) is 47.2 Å². The Balaban J connectivity index is 2.10. The second-order valence-electron chi connectivity index (χ2n) is 3.89. The summed E-state index contributed by atoms with van der Waals surface area (Å²) in [5, 5.41) is 3.93. The van der Waals surface area contributed by atoms with Crippen LogP contribution in [-0.2, 0) is 6.54 Å². The van der Waals surface area contributed by atoms with Gasteiger partial charge < -0.3 is 14.8 Å². The molecular formula is C14H15ClN2O2. The van der Waals surface area contributed by atoms with E-state index in [2.05, 4.69) is 10.3 Å². The maximum atomic E-state index is 6.05. The number of methoxy groups -OCH3 is 2. The molecule has 0 radical (unpaired) electrons. The van der Waals surface area contributed by atoms with Crippen LogP contribution < -0.4 is 14.8 Å². The highest BCUT2D eigenvalue weighted by molar-refractivity contribution is 6.31. The van der Waals surface area contributed by atoms with Crippen LogP contribution in [-0.4, -0.2) is 19.2 Å². The minimum absolute atomic E-state index is 0.622. The van der Waals surface area contributed by atoms with Crippen LogP contribution in [0.1, 0.15) is 5.56 Å². The van der Waals surface area contributed by atoms with Crippen LogP contribution in [0.2, 0.25) is 5.02 Å². The lowest BCUT2D eigenvalue weighted by Crippen LogP contribution is -2.01. The minimum atomic E-state index is 0.622. The van der Waals surface area contributed by atoms with E-state index in [1.165, 1.54) is 0 Å². The Morgan fingerprint density at radius 3 is 2.63 bits per heavy atom. The van der Waals surface area contributed by atoms with Crippen molar-refractivity contribution in [2.24, 2.45) is 0 Å². The van der Waals surface area contributed by atoms with Crippen molar-refractivity contribution in [1.82, 2.24) is 4.98 Å². The third kappa shape index (κ3) is 3.29. The summed E-state index contributed by atoms with van der Waals surface area (Å²) in [4.78, 5) is 3.95. The summed E-state index contributed by atoms with van der Waals surface area (Å²) in [6.45, 7) is 0.622. The van der Waals surface area contributed by atoms with Gasteiger partial charge in [-0.1, -0.05) is 11.6 Å². The SMILES string of the molecule is COc1ccc(NCc2ccncc2Cl)cc1OC. The Morgan fingerprint density at radius 2 is 1.95 bits per heavy atom.